The number of hydrogen-bond acceptors (Lipinski definition) is 3. The molecule has 0 bridgehead atoms. The van der Waals surface area contributed by atoms with Crippen molar-refractivity contribution in [2.75, 3.05) is 10.6 Å². The van der Waals surface area contributed by atoms with E-state index in [2.05, 4.69) is 15.7 Å². The number of primary amides is 1. The molecule has 2 aromatic rings. The molecule has 1 aromatic heterocycles. The van der Waals surface area contributed by atoms with E-state index in [4.69, 9.17) is 29.6 Å². The summed E-state index contributed by atoms with van der Waals surface area (Å²) in [5.41, 5.74) is 6.63. The summed E-state index contributed by atoms with van der Waals surface area (Å²) in [7, 11) is 1.62. The van der Waals surface area contributed by atoms with Gasteiger partial charge in [0.15, 0.2) is 5.11 Å². The standard InChI is InChI=1S/C12H12ClN5OS/c1-18-10(11(14)19)9(6-15-18)17-12(20)16-8-5-3-2-4-7(8)13/h2-6H,1H3,(H2,14,19)(H2,16,17,20). The summed E-state index contributed by atoms with van der Waals surface area (Å²) < 4.78 is 1.38. The number of rotatable bonds is 3. The van der Waals surface area contributed by atoms with Crippen molar-refractivity contribution in [3.05, 3.63) is 41.2 Å². The van der Waals surface area contributed by atoms with Crippen molar-refractivity contribution in [1.29, 1.82) is 0 Å². The quantitative estimate of drug-likeness (QED) is 0.755. The van der Waals surface area contributed by atoms with Crippen LogP contribution in [0.5, 0.6) is 0 Å². The number of amides is 1. The number of carbonyl (C=O) groups is 1. The average Bonchev–Trinajstić information content (AvgIpc) is 2.73. The lowest BCUT2D eigenvalue weighted by atomic mass is 10.3. The monoisotopic (exact) mass is 309 g/mol. The predicted octanol–water partition coefficient (Wildman–Crippen LogP) is 1.98. The second-order valence-electron chi connectivity index (χ2n) is 3.95. The molecule has 1 heterocycles. The van der Waals surface area contributed by atoms with Crippen LogP contribution in [0, 0.1) is 0 Å². The van der Waals surface area contributed by atoms with Gasteiger partial charge in [-0.3, -0.25) is 9.48 Å². The van der Waals surface area contributed by atoms with Gasteiger partial charge in [0.25, 0.3) is 5.91 Å². The van der Waals surface area contributed by atoms with E-state index in [-0.39, 0.29) is 10.8 Å². The number of nitrogens with zero attached hydrogens (tertiary/aromatic N) is 2. The average molecular weight is 310 g/mol. The van der Waals surface area contributed by atoms with E-state index < -0.39 is 5.91 Å². The zero-order valence-electron chi connectivity index (χ0n) is 10.6. The highest BCUT2D eigenvalue weighted by Gasteiger charge is 2.15. The van der Waals surface area contributed by atoms with Crippen molar-refractivity contribution in [3.8, 4) is 0 Å². The van der Waals surface area contributed by atoms with Gasteiger partial charge in [0.1, 0.15) is 5.69 Å². The highest BCUT2D eigenvalue weighted by Crippen LogP contribution is 2.21. The molecule has 0 saturated heterocycles. The Hall–Kier alpha value is -2.12. The van der Waals surface area contributed by atoms with Gasteiger partial charge in [-0.15, -0.1) is 0 Å². The second kappa shape index (κ2) is 5.89. The fraction of sp³-hybridized carbons (Fsp3) is 0.0833. The molecule has 2 rings (SSSR count). The molecule has 0 fully saturated rings. The van der Waals surface area contributed by atoms with E-state index >= 15 is 0 Å². The fourth-order valence-electron chi connectivity index (χ4n) is 1.66. The minimum absolute atomic E-state index is 0.244. The molecule has 20 heavy (non-hydrogen) atoms. The third kappa shape index (κ3) is 3.06. The maximum Gasteiger partial charge on any atom is 0.269 e. The Balaban J connectivity index is 2.13. The van der Waals surface area contributed by atoms with Crippen molar-refractivity contribution < 1.29 is 4.79 Å². The van der Waals surface area contributed by atoms with E-state index in [9.17, 15) is 4.79 Å². The summed E-state index contributed by atoms with van der Waals surface area (Å²) in [6, 6.07) is 7.17. The lowest BCUT2D eigenvalue weighted by Gasteiger charge is -2.11. The molecule has 0 spiro atoms. The summed E-state index contributed by atoms with van der Waals surface area (Å²) in [6.07, 6.45) is 1.47. The molecule has 0 radical (unpaired) electrons. The summed E-state index contributed by atoms with van der Waals surface area (Å²) >= 11 is 11.2. The Labute approximate surface area is 125 Å². The Morgan fingerprint density at radius 1 is 1.35 bits per heavy atom. The van der Waals surface area contributed by atoms with Crippen LogP contribution in [0.25, 0.3) is 0 Å². The number of aromatic nitrogens is 2. The first kappa shape index (κ1) is 14.3. The topological polar surface area (TPSA) is 85.0 Å². The van der Waals surface area contributed by atoms with Crippen molar-refractivity contribution >= 4 is 46.2 Å². The minimum Gasteiger partial charge on any atom is -0.364 e. The van der Waals surface area contributed by atoms with Gasteiger partial charge < -0.3 is 16.4 Å². The molecule has 0 aliphatic heterocycles. The summed E-state index contributed by atoms with van der Waals surface area (Å²) in [5.74, 6) is -0.590. The zero-order chi connectivity index (χ0) is 14.7. The number of aryl methyl sites for hydroxylation is 1. The van der Waals surface area contributed by atoms with Gasteiger partial charge in [-0.2, -0.15) is 5.10 Å². The van der Waals surface area contributed by atoms with Crippen LogP contribution >= 0.6 is 23.8 Å². The molecule has 0 atom stereocenters. The number of hydrogen-bond donors (Lipinski definition) is 3. The van der Waals surface area contributed by atoms with E-state index in [0.717, 1.165) is 0 Å². The van der Waals surface area contributed by atoms with Crippen LogP contribution in [0.15, 0.2) is 30.5 Å². The lowest BCUT2D eigenvalue weighted by molar-refractivity contribution is 0.0992. The summed E-state index contributed by atoms with van der Waals surface area (Å²) in [4.78, 5) is 11.3. The number of thiocarbonyl (C=S) groups is 1. The van der Waals surface area contributed by atoms with Crippen LogP contribution in [-0.2, 0) is 7.05 Å². The largest absolute Gasteiger partial charge is 0.364 e. The van der Waals surface area contributed by atoms with E-state index in [0.29, 0.717) is 16.4 Å². The lowest BCUT2D eigenvalue weighted by Crippen LogP contribution is -2.23. The van der Waals surface area contributed by atoms with Gasteiger partial charge >= 0.3 is 0 Å². The first-order valence-electron chi connectivity index (χ1n) is 5.63. The second-order valence-corrected chi connectivity index (χ2v) is 4.77. The molecule has 0 saturated carbocycles. The molecule has 4 N–H and O–H groups in total. The fourth-order valence-corrected chi connectivity index (χ4v) is 2.06. The van der Waals surface area contributed by atoms with Gasteiger partial charge in [-0.05, 0) is 24.4 Å². The van der Waals surface area contributed by atoms with E-state index in [1.54, 1.807) is 19.2 Å². The molecular weight excluding hydrogens is 298 g/mol. The Morgan fingerprint density at radius 3 is 2.65 bits per heavy atom. The maximum absolute atomic E-state index is 11.3. The number of anilines is 2. The minimum atomic E-state index is -0.590. The van der Waals surface area contributed by atoms with Crippen LogP contribution in [0.3, 0.4) is 0 Å². The first-order chi connectivity index (χ1) is 9.49. The Morgan fingerprint density at radius 2 is 2.00 bits per heavy atom. The van der Waals surface area contributed by atoms with Gasteiger partial charge in [0.05, 0.1) is 22.6 Å². The first-order valence-corrected chi connectivity index (χ1v) is 6.42. The molecule has 0 unspecified atom stereocenters. The van der Waals surface area contributed by atoms with E-state index in [1.165, 1.54) is 10.9 Å². The third-order valence-corrected chi connectivity index (χ3v) is 3.08. The molecule has 6 nitrogen and oxygen atoms in total. The molecule has 1 aromatic carbocycles. The number of benzene rings is 1. The third-order valence-electron chi connectivity index (χ3n) is 2.54. The zero-order valence-corrected chi connectivity index (χ0v) is 12.1. The van der Waals surface area contributed by atoms with Crippen LogP contribution in [-0.4, -0.2) is 20.8 Å². The smallest absolute Gasteiger partial charge is 0.269 e. The van der Waals surface area contributed by atoms with Crippen molar-refractivity contribution in [2.45, 2.75) is 0 Å². The Kier molecular flexibility index (Phi) is 4.21. The highest BCUT2D eigenvalue weighted by atomic mass is 35.5. The van der Waals surface area contributed by atoms with Crippen LogP contribution in [0.2, 0.25) is 5.02 Å². The number of nitrogens with two attached hydrogens (primary N) is 1. The molecule has 8 heteroatoms. The Bertz CT molecular complexity index is 670. The van der Waals surface area contributed by atoms with Gasteiger partial charge in [-0.25, -0.2) is 0 Å². The molecule has 0 aliphatic carbocycles. The molecular formula is C12H12ClN5OS. The van der Waals surface area contributed by atoms with Crippen molar-refractivity contribution in [2.24, 2.45) is 12.8 Å². The number of carbonyl (C=O) groups excluding carboxylic acids is 1. The van der Waals surface area contributed by atoms with Crippen LogP contribution in [0.4, 0.5) is 11.4 Å². The SMILES string of the molecule is Cn1ncc(NC(=S)Nc2ccccc2Cl)c1C(N)=O. The van der Waals surface area contributed by atoms with Gasteiger partial charge in [0, 0.05) is 7.05 Å². The number of para-hydroxylation sites is 1. The van der Waals surface area contributed by atoms with E-state index in [1.807, 2.05) is 12.1 Å². The maximum atomic E-state index is 11.3. The molecule has 1 amide bonds. The van der Waals surface area contributed by atoms with Crippen LogP contribution in [0.1, 0.15) is 10.5 Å². The van der Waals surface area contributed by atoms with Crippen molar-refractivity contribution in [3.63, 3.8) is 0 Å². The highest BCUT2D eigenvalue weighted by molar-refractivity contribution is 7.80. The number of halogens is 1. The normalized spacial score (nSPS) is 10.1. The number of nitrogens with one attached hydrogen (secondary N) is 2. The van der Waals surface area contributed by atoms with Gasteiger partial charge in [0.2, 0.25) is 0 Å². The molecule has 104 valence electrons. The van der Waals surface area contributed by atoms with Crippen molar-refractivity contribution in [1.82, 2.24) is 9.78 Å². The predicted molar refractivity (Wildman–Crippen MR) is 83.0 cm³/mol. The van der Waals surface area contributed by atoms with Crippen LogP contribution < -0.4 is 16.4 Å². The molecule has 0 aliphatic rings. The summed E-state index contributed by atoms with van der Waals surface area (Å²) in [6.45, 7) is 0. The summed E-state index contributed by atoms with van der Waals surface area (Å²) in [5, 5.41) is 10.6. The van der Waals surface area contributed by atoms with Gasteiger partial charge in [-0.1, -0.05) is 23.7 Å².